The summed E-state index contributed by atoms with van der Waals surface area (Å²) in [5, 5.41) is 3.36. The fourth-order valence-corrected chi connectivity index (χ4v) is 2.83. The summed E-state index contributed by atoms with van der Waals surface area (Å²) < 4.78 is 1.18. The number of nitrogen functional groups attached to an aromatic ring is 1. The van der Waals surface area contributed by atoms with Crippen molar-refractivity contribution in [2.45, 2.75) is 19.2 Å². The lowest BCUT2D eigenvalue weighted by atomic mass is 10.0. The number of fused-ring (bicyclic) bond motifs is 1. The van der Waals surface area contributed by atoms with Gasteiger partial charge < -0.3 is 5.73 Å². The molecule has 2 aromatic rings. The second kappa shape index (κ2) is 3.79. The van der Waals surface area contributed by atoms with Crippen molar-refractivity contribution in [3.8, 4) is 0 Å². The molecule has 1 heterocycles. The van der Waals surface area contributed by atoms with Gasteiger partial charge in [0.1, 0.15) is 0 Å². The lowest BCUT2D eigenvalue weighted by Gasteiger charge is -2.07. The van der Waals surface area contributed by atoms with Gasteiger partial charge in [-0.2, -0.15) is 0 Å². The van der Waals surface area contributed by atoms with E-state index in [4.69, 9.17) is 17.3 Å². The summed E-state index contributed by atoms with van der Waals surface area (Å²) in [6.07, 6.45) is 1.03. The highest BCUT2D eigenvalue weighted by atomic mass is 35.5. The van der Waals surface area contributed by atoms with Gasteiger partial charge in [-0.25, -0.2) is 0 Å². The van der Waals surface area contributed by atoms with Crippen LogP contribution in [-0.4, -0.2) is 0 Å². The van der Waals surface area contributed by atoms with E-state index in [0.717, 1.165) is 17.7 Å². The highest BCUT2D eigenvalue weighted by Crippen LogP contribution is 2.33. The second-order valence-electron chi connectivity index (χ2n) is 3.26. The van der Waals surface area contributed by atoms with Gasteiger partial charge in [0.05, 0.1) is 10.4 Å². The zero-order chi connectivity index (χ0) is 10.1. The maximum atomic E-state index is 6.02. The summed E-state index contributed by atoms with van der Waals surface area (Å²) >= 11 is 7.54. The van der Waals surface area contributed by atoms with Crippen LogP contribution in [0.5, 0.6) is 0 Å². The summed E-state index contributed by atoms with van der Waals surface area (Å²) in [6, 6.07) is 4.25. The standard InChI is InChI=1S/C11H12ClNS/c1-2-7-5-8(6-12)10(13)11-9(7)3-4-14-11/h3-5H,2,6,13H2,1H3. The first kappa shape index (κ1) is 9.81. The zero-order valence-electron chi connectivity index (χ0n) is 8.01. The third kappa shape index (κ3) is 1.39. The molecular formula is C11H12ClNS. The molecule has 3 heteroatoms. The molecule has 1 aromatic heterocycles. The maximum absolute atomic E-state index is 6.02. The molecule has 0 aliphatic heterocycles. The third-order valence-electron chi connectivity index (χ3n) is 2.48. The fourth-order valence-electron chi connectivity index (χ4n) is 1.69. The molecule has 0 saturated heterocycles. The van der Waals surface area contributed by atoms with E-state index in [1.807, 2.05) is 0 Å². The van der Waals surface area contributed by atoms with E-state index in [9.17, 15) is 0 Å². The molecule has 2 rings (SSSR count). The minimum absolute atomic E-state index is 0.493. The van der Waals surface area contributed by atoms with Crippen LogP contribution in [0.2, 0.25) is 0 Å². The Labute approximate surface area is 92.5 Å². The first-order chi connectivity index (χ1) is 6.77. The van der Waals surface area contributed by atoms with Gasteiger partial charge in [-0.1, -0.05) is 13.0 Å². The molecule has 1 aromatic carbocycles. The van der Waals surface area contributed by atoms with Gasteiger partial charge in [0, 0.05) is 5.88 Å². The fraction of sp³-hybridized carbons (Fsp3) is 0.273. The van der Waals surface area contributed by atoms with Crippen molar-refractivity contribution < 1.29 is 0 Å². The highest BCUT2D eigenvalue weighted by Gasteiger charge is 2.08. The minimum atomic E-state index is 0.493. The molecular weight excluding hydrogens is 214 g/mol. The van der Waals surface area contributed by atoms with Crippen molar-refractivity contribution in [3.63, 3.8) is 0 Å². The Morgan fingerprint density at radius 1 is 1.43 bits per heavy atom. The predicted octanol–water partition coefficient (Wildman–Crippen LogP) is 3.78. The first-order valence-electron chi connectivity index (χ1n) is 4.61. The van der Waals surface area contributed by atoms with Crippen LogP contribution in [0.15, 0.2) is 17.5 Å². The van der Waals surface area contributed by atoms with Gasteiger partial charge in [0.25, 0.3) is 0 Å². The summed E-state index contributed by atoms with van der Waals surface area (Å²) in [7, 11) is 0. The van der Waals surface area contributed by atoms with Crippen LogP contribution < -0.4 is 5.73 Å². The van der Waals surface area contributed by atoms with Crippen LogP contribution in [0, 0.1) is 0 Å². The molecule has 74 valence electrons. The van der Waals surface area contributed by atoms with E-state index in [2.05, 4.69) is 24.4 Å². The minimum Gasteiger partial charge on any atom is -0.397 e. The lowest BCUT2D eigenvalue weighted by molar-refractivity contribution is 1.15. The number of rotatable bonds is 2. The molecule has 0 aliphatic carbocycles. The number of nitrogens with two attached hydrogens (primary N) is 1. The number of aryl methyl sites for hydroxylation is 1. The third-order valence-corrected chi connectivity index (χ3v) is 3.71. The molecule has 0 radical (unpaired) electrons. The second-order valence-corrected chi connectivity index (χ2v) is 4.44. The molecule has 0 saturated carbocycles. The predicted molar refractivity (Wildman–Crippen MR) is 65.2 cm³/mol. The number of alkyl halides is 1. The Bertz CT molecular complexity index is 462. The molecule has 0 atom stereocenters. The van der Waals surface area contributed by atoms with E-state index in [1.54, 1.807) is 11.3 Å². The number of hydrogen-bond acceptors (Lipinski definition) is 2. The number of halogens is 1. The SMILES string of the molecule is CCc1cc(CCl)c(N)c2sccc12. The maximum Gasteiger partial charge on any atom is 0.0578 e. The van der Waals surface area contributed by atoms with Crippen LogP contribution in [0.25, 0.3) is 10.1 Å². The van der Waals surface area contributed by atoms with Crippen LogP contribution in [-0.2, 0) is 12.3 Å². The van der Waals surface area contributed by atoms with Crippen LogP contribution in [0.4, 0.5) is 5.69 Å². The van der Waals surface area contributed by atoms with Crippen molar-refractivity contribution in [1.29, 1.82) is 0 Å². The smallest absolute Gasteiger partial charge is 0.0578 e. The Morgan fingerprint density at radius 3 is 2.86 bits per heavy atom. The van der Waals surface area contributed by atoms with Crippen LogP contribution in [0.3, 0.4) is 0 Å². The average Bonchev–Trinajstić information content (AvgIpc) is 2.68. The molecule has 14 heavy (non-hydrogen) atoms. The zero-order valence-corrected chi connectivity index (χ0v) is 9.58. The molecule has 0 amide bonds. The van der Waals surface area contributed by atoms with E-state index in [1.165, 1.54) is 15.6 Å². The summed E-state index contributed by atoms with van der Waals surface area (Å²) in [6.45, 7) is 2.15. The summed E-state index contributed by atoms with van der Waals surface area (Å²) in [5.74, 6) is 0.493. The average molecular weight is 226 g/mol. The lowest BCUT2D eigenvalue weighted by Crippen LogP contribution is -1.94. The van der Waals surface area contributed by atoms with Crippen molar-refractivity contribution in [2.24, 2.45) is 0 Å². The Balaban J connectivity index is 2.80. The first-order valence-corrected chi connectivity index (χ1v) is 6.02. The summed E-state index contributed by atoms with van der Waals surface area (Å²) in [5.41, 5.74) is 9.27. The molecule has 1 nitrogen and oxygen atoms in total. The monoisotopic (exact) mass is 225 g/mol. The molecule has 0 unspecified atom stereocenters. The van der Waals surface area contributed by atoms with E-state index in [0.29, 0.717) is 5.88 Å². The quantitative estimate of drug-likeness (QED) is 0.611. The molecule has 0 fully saturated rings. The van der Waals surface area contributed by atoms with Gasteiger partial charge >= 0.3 is 0 Å². The Kier molecular flexibility index (Phi) is 2.66. The highest BCUT2D eigenvalue weighted by molar-refractivity contribution is 7.17. The van der Waals surface area contributed by atoms with Crippen LogP contribution >= 0.6 is 22.9 Å². The number of thiophene rings is 1. The van der Waals surface area contributed by atoms with E-state index in [-0.39, 0.29) is 0 Å². The van der Waals surface area contributed by atoms with Crippen molar-refractivity contribution in [2.75, 3.05) is 5.73 Å². The molecule has 0 spiro atoms. The summed E-state index contributed by atoms with van der Waals surface area (Å²) in [4.78, 5) is 0. The Hall–Kier alpha value is -0.730. The van der Waals surface area contributed by atoms with E-state index < -0.39 is 0 Å². The van der Waals surface area contributed by atoms with Gasteiger partial charge in [0.15, 0.2) is 0 Å². The molecule has 2 N–H and O–H groups in total. The van der Waals surface area contributed by atoms with Gasteiger partial charge in [-0.05, 0) is 34.4 Å². The normalized spacial score (nSPS) is 11.0. The van der Waals surface area contributed by atoms with Gasteiger partial charge in [-0.15, -0.1) is 22.9 Å². The van der Waals surface area contributed by atoms with Crippen molar-refractivity contribution >= 4 is 38.7 Å². The molecule has 0 aliphatic rings. The number of hydrogen-bond donors (Lipinski definition) is 1. The van der Waals surface area contributed by atoms with Gasteiger partial charge in [0.2, 0.25) is 0 Å². The molecule has 0 bridgehead atoms. The Morgan fingerprint density at radius 2 is 2.21 bits per heavy atom. The number of anilines is 1. The van der Waals surface area contributed by atoms with Crippen LogP contribution in [0.1, 0.15) is 18.1 Å². The topological polar surface area (TPSA) is 26.0 Å². The van der Waals surface area contributed by atoms with Gasteiger partial charge in [-0.3, -0.25) is 0 Å². The largest absolute Gasteiger partial charge is 0.397 e. The van der Waals surface area contributed by atoms with Crippen molar-refractivity contribution in [1.82, 2.24) is 0 Å². The van der Waals surface area contributed by atoms with Crippen molar-refractivity contribution in [3.05, 3.63) is 28.6 Å². The van der Waals surface area contributed by atoms with E-state index >= 15 is 0 Å². The number of benzene rings is 1.